The number of carbonyl (C=O) groups is 1. The van der Waals surface area contributed by atoms with Crippen LogP contribution in [-0.2, 0) is 11.3 Å². The molecule has 1 heterocycles. The van der Waals surface area contributed by atoms with Crippen molar-refractivity contribution in [3.63, 3.8) is 0 Å². The smallest absolute Gasteiger partial charge is 0.339 e. The molecule has 7 heteroatoms. The summed E-state index contributed by atoms with van der Waals surface area (Å²) in [5.41, 5.74) is 3.10. The molecule has 0 saturated carbocycles. The highest BCUT2D eigenvalue weighted by Crippen LogP contribution is 2.27. The van der Waals surface area contributed by atoms with Crippen LogP contribution in [0.25, 0.3) is 22.2 Å². The second kappa shape index (κ2) is 8.42. The lowest BCUT2D eigenvalue weighted by Gasteiger charge is -2.10. The number of para-hydroxylation sites is 1. The highest BCUT2D eigenvalue weighted by atomic mass is 79.9. The van der Waals surface area contributed by atoms with E-state index in [1.165, 1.54) is 12.1 Å². The number of hydrogen-bond donors (Lipinski definition) is 0. The van der Waals surface area contributed by atoms with Crippen molar-refractivity contribution in [1.82, 2.24) is 4.98 Å². The number of aromatic nitrogens is 1. The van der Waals surface area contributed by atoms with Crippen LogP contribution in [0.2, 0.25) is 0 Å². The van der Waals surface area contributed by atoms with Crippen LogP contribution in [0.4, 0.5) is 5.69 Å². The van der Waals surface area contributed by atoms with Crippen LogP contribution in [-0.4, -0.2) is 15.9 Å². The van der Waals surface area contributed by atoms with Gasteiger partial charge in [0.1, 0.15) is 6.61 Å². The minimum Gasteiger partial charge on any atom is -0.457 e. The van der Waals surface area contributed by atoms with Crippen molar-refractivity contribution < 1.29 is 14.5 Å². The predicted molar refractivity (Wildman–Crippen MR) is 117 cm³/mol. The Balaban J connectivity index is 1.67. The summed E-state index contributed by atoms with van der Waals surface area (Å²) in [7, 11) is 0. The molecule has 4 rings (SSSR count). The molecule has 0 aliphatic heterocycles. The third-order valence-corrected chi connectivity index (χ3v) is 5.10. The third-order valence-electron chi connectivity index (χ3n) is 4.57. The molecule has 0 unspecified atom stereocenters. The first-order valence-electron chi connectivity index (χ1n) is 9.07. The van der Waals surface area contributed by atoms with E-state index in [1.54, 1.807) is 18.2 Å². The van der Waals surface area contributed by atoms with Crippen LogP contribution in [0.15, 0.2) is 83.3 Å². The largest absolute Gasteiger partial charge is 0.457 e. The highest BCUT2D eigenvalue weighted by molar-refractivity contribution is 9.10. The zero-order chi connectivity index (χ0) is 21.1. The average molecular weight is 463 g/mol. The minimum absolute atomic E-state index is 0.0459. The van der Waals surface area contributed by atoms with Gasteiger partial charge in [0.25, 0.3) is 5.69 Å². The summed E-state index contributed by atoms with van der Waals surface area (Å²) in [6.45, 7) is -0.0647. The van der Waals surface area contributed by atoms with Crippen LogP contribution in [0.1, 0.15) is 15.9 Å². The van der Waals surface area contributed by atoms with Gasteiger partial charge in [0.15, 0.2) is 0 Å². The molecule has 0 amide bonds. The molecular weight excluding hydrogens is 448 g/mol. The fourth-order valence-corrected chi connectivity index (χ4v) is 3.36. The van der Waals surface area contributed by atoms with Gasteiger partial charge in [-0.2, -0.15) is 0 Å². The summed E-state index contributed by atoms with van der Waals surface area (Å²) in [5, 5.41) is 11.6. The monoisotopic (exact) mass is 462 g/mol. The Kier molecular flexibility index (Phi) is 5.54. The number of fused-ring (bicyclic) bond motifs is 1. The minimum atomic E-state index is -0.515. The average Bonchev–Trinajstić information content (AvgIpc) is 2.77. The molecule has 0 aliphatic rings. The second-order valence-corrected chi connectivity index (χ2v) is 7.50. The first-order chi connectivity index (χ1) is 14.5. The number of nitro groups is 1. The van der Waals surface area contributed by atoms with Crippen molar-refractivity contribution in [3.8, 4) is 11.3 Å². The summed E-state index contributed by atoms with van der Waals surface area (Å²) < 4.78 is 6.42. The molecule has 0 fully saturated rings. The number of rotatable bonds is 5. The van der Waals surface area contributed by atoms with Crippen molar-refractivity contribution in [2.24, 2.45) is 0 Å². The molecule has 1 aromatic heterocycles. The fourth-order valence-electron chi connectivity index (χ4n) is 3.10. The van der Waals surface area contributed by atoms with E-state index in [0.29, 0.717) is 27.7 Å². The number of non-ortho nitro benzene ring substituents is 1. The molecule has 3 aromatic carbocycles. The maximum atomic E-state index is 12.9. The molecule has 4 aromatic rings. The number of halogens is 1. The van der Waals surface area contributed by atoms with E-state index in [0.717, 1.165) is 10.0 Å². The third kappa shape index (κ3) is 4.21. The number of carbonyl (C=O) groups excluding carboxylic acids is 1. The number of ether oxygens (including phenoxy) is 1. The highest BCUT2D eigenvalue weighted by Gasteiger charge is 2.16. The quantitative estimate of drug-likeness (QED) is 0.208. The molecule has 0 saturated heterocycles. The number of pyridine rings is 1. The Morgan fingerprint density at radius 2 is 1.77 bits per heavy atom. The van der Waals surface area contributed by atoms with E-state index >= 15 is 0 Å². The molecule has 0 spiro atoms. The van der Waals surface area contributed by atoms with E-state index < -0.39 is 10.9 Å². The van der Waals surface area contributed by atoms with Gasteiger partial charge in [-0.1, -0.05) is 58.4 Å². The lowest BCUT2D eigenvalue weighted by Crippen LogP contribution is -2.07. The Labute approximate surface area is 180 Å². The van der Waals surface area contributed by atoms with E-state index in [4.69, 9.17) is 4.74 Å². The maximum absolute atomic E-state index is 12.9. The van der Waals surface area contributed by atoms with E-state index in [2.05, 4.69) is 20.9 Å². The van der Waals surface area contributed by atoms with Gasteiger partial charge in [0.05, 0.1) is 21.7 Å². The molecule has 0 bridgehead atoms. The van der Waals surface area contributed by atoms with Crippen LogP contribution < -0.4 is 0 Å². The molecule has 0 atom stereocenters. The van der Waals surface area contributed by atoms with E-state index in [9.17, 15) is 14.9 Å². The number of benzene rings is 3. The van der Waals surface area contributed by atoms with Gasteiger partial charge in [-0.25, -0.2) is 9.78 Å². The van der Waals surface area contributed by atoms with Crippen molar-refractivity contribution >= 4 is 38.5 Å². The Hall–Kier alpha value is -3.58. The summed E-state index contributed by atoms with van der Waals surface area (Å²) in [6, 6.07) is 22.7. The number of nitrogens with zero attached hydrogens (tertiary/aromatic N) is 2. The predicted octanol–water partition coefficient (Wildman–Crippen LogP) is 5.93. The molecular formula is C23H15BrN2O4. The molecule has 30 heavy (non-hydrogen) atoms. The number of hydrogen-bond acceptors (Lipinski definition) is 5. The summed E-state index contributed by atoms with van der Waals surface area (Å²) >= 11 is 3.42. The van der Waals surface area contributed by atoms with Gasteiger partial charge < -0.3 is 4.74 Å². The van der Waals surface area contributed by atoms with Gasteiger partial charge in [0, 0.05) is 27.6 Å². The van der Waals surface area contributed by atoms with Gasteiger partial charge in [-0.15, -0.1) is 0 Å². The molecule has 6 nitrogen and oxygen atoms in total. The molecule has 0 N–H and O–H groups in total. The zero-order valence-electron chi connectivity index (χ0n) is 15.6. The Morgan fingerprint density at radius 3 is 2.53 bits per heavy atom. The molecule has 0 radical (unpaired) electrons. The zero-order valence-corrected chi connectivity index (χ0v) is 17.2. The van der Waals surface area contributed by atoms with Gasteiger partial charge >= 0.3 is 5.97 Å². The van der Waals surface area contributed by atoms with Gasteiger partial charge in [-0.3, -0.25) is 10.1 Å². The Bertz CT molecular complexity index is 1260. The number of esters is 1. The molecule has 148 valence electrons. The normalized spacial score (nSPS) is 10.7. The van der Waals surface area contributed by atoms with Crippen molar-refractivity contribution in [3.05, 3.63) is 105 Å². The maximum Gasteiger partial charge on any atom is 0.339 e. The summed E-state index contributed by atoms with van der Waals surface area (Å²) in [4.78, 5) is 28.0. The summed E-state index contributed by atoms with van der Waals surface area (Å²) in [5.74, 6) is -0.515. The Morgan fingerprint density at radius 1 is 1.00 bits per heavy atom. The lowest BCUT2D eigenvalue weighted by atomic mass is 10.0. The topological polar surface area (TPSA) is 82.3 Å². The van der Waals surface area contributed by atoms with Crippen LogP contribution in [0.3, 0.4) is 0 Å². The van der Waals surface area contributed by atoms with Crippen LogP contribution in [0, 0.1) is 10.1 Å². The SMILES string of the molecule is O=C(OCc1cccc([N+](=O)[O-])c1)c1cc(-c2ccc(Br)cc2)nc2ccccc12. The fraction of sp³-hybridized carbons (Fsp3) is 0.0435. The number of nitro benzene ring substituents is 1. The van der Waals surface area contributed by atoms with Crippen LogP contribution >= 0.6 is 15.9 Å². The lowest BCUT2D eigenvalue weighted by molar-refractivity contribution is -0.384. The first-order valence-corrected chi connectivity index (χ1v) is 9.87. The van der Waals surface area contributed by atoms with Crippen molar-refractivity contribution in [2.75, 3.05) is 0 Å². The summed E-state index contributed by atoms with van der Waals surface area (Å²) in [6.07, 6.45) is 0. The van der Waals surface area contributed by atoms with Crippen molar-refractivity contribution in [1.29, 1.82) is 0 Å². The first kappa shape index (κ1) is 19.7. The molecule has 0 aliphatic carbocycles. The van der Waals surface area contributed by atoms with Gasteiger partial charge in [-0.05, 0) is 29.8 Å². The van der Waals surface area contributed by atoms with E-state index in [1.807, 2.05) is 48.5 Å². The van der Waals surface area contributed by atoms with Gasteiger partial charge in [0.2, 0.25) is 0 Å². The van der Waals surface area contributed by atoms with E-state index in [-0.39, 0.29) is 12.3 Å². The van der Waals surface area contributed by atoms with Crippen LogP contribution in [0.5, 0.6) is 0 Å². The standard InChI is InChI=1S/C23H15BrN2O4/c24-17-10-8-16(9-11-17)22-13-20(19-6-1-2-7-21(19)25-22)23(27)30-14-15-4-3-5-18(12-15)26(28)29/h1-13H,14H2. The second-order valence-electron chi connectivity index (χ2n) is 6.58. The van der Waals surface area contributed by atoms with Crippen molar-refractivity contribution in [2.45, 2.75) is 6.61 Å².